The molecule has 3 aromatic rings. The molecule has 0 spiro atoms. The van der Waals surface area contributed by atoms with Gasteiger partial charge in [-0.25, -0.2) is 9.78 Å². The molecule has 0 saturated carbocycles. The molecular formula is C18H20N6O. The van der Waals surface area contributed by atoms with Crippen molar-refractivity contribution in [1.29, 1.82) is 0 Å². The number of benzene rings is 1. The molecule has 2 amide bonds. The Morgan fingerprint density at radius 3 is 2.84 bits per heavy atom. The average Bonchev–Trinajstić information content (AvgIpc) is 3.20. The van der Waals surface area contributed by atoms with Crippen LogP contribution in [-0.2, 0) is 0 Å². The van der Waals surface area contributed by atoms with Gasteiger partial charge in [0.05, 0.1) is 11.4 Å². The highest BCUT2D eigenvalue weighted by Crippen LogP contribution is 2.22. The second-order valence-electron chi connectivity index (χ2n) is 6.09. The first-order valence-corrected chi connectivity index (χ1v) is 8.40. The van der Waals surface area contributed by atoms with E-state index in [9.17, 15) is 4.79 Å². The van der Waals surface area contributed by atoms with E-state index in [4.69, 9.17) is 4.98 Å². The minimum absolute atomic E-state index is 0.00147. The summed E-state index contributed by atoms with van der Waals surface area (Å²) in [5, 5.41) is 10.7. The minimum Gasteiger partial charge on any atom is -0.368 e. The van der Waals surface area contributed by atoms with Crippen molar-refractivity contribution < 1.29 is 4.79 Å². The maximum atomic E-state index is 11.6. The lowest BCUT2D eigenvalue weighted by molar-refractivity contribution is 0.219. The fourth-order valence-corrected chi connectivity index (χ4v) is 3.02. The predicted molar refractivity (Wildman–Crippen MR) is 96.6 cm³/mol. The van der Waals surface area contributed by atoms with Gasteiger partial charge in [-0.3, -0.25) is 0 Å². The second kappa shape index (κ2) is 6.43. The van der Waals surface area contributed by atoms with Crippen LogP contribution in [0, 0.1) is 6.92 Å². The van der Waals surface area contributed by atoms with Gasteiger partial charge >= 0.3 is 6.03 Å². The fourth-order valence-electron chi connectivity index (χ4n) is 3.02. The van der Waals surface area contributed by atoms with E-state index in [-0.39, 0.29) is 6.03 Å². The molecule has 1 aromatic carbocycles. The van der Waals surface area contributed by atoms with Gasteiger partial charge in [-0.1, -0.05) is 30.3 Å². The van der Waals surface area contributed by atoms with Crippen LogP contribution in [0.3, 0.4) is 0 Å². The summed E-state index contributed by atoms with van der Waals surface area (Å²) in [4.78, 5) is 18.1. The molecule has 2 aromatic heterocycles. The van der Waals surface area contributed by atoms with Crippen LogP contribution in [0.15, 0.2) is 42.5 Å². The molecule has 0 aliphatic carbocycles. The monoisotopic (exact) mass is 336 g/mol. The molecule has 1 aliphatic heterocycles. The normalized spacial score (nSPS) is 14.1. The summed E-state index contributed by atoms with van der Waals surface area (Å²) in [7, 11) is 0. The number of nitrogens with zero attached hydrogens (tertiary/aromatic N) is 4. The highest BCUT2D eigenvalue weighted by atomic mass is 16.2. The summed E-state index contributed by atoms with van der Waals surface area (Å²) in [6.45, 7) is 4.72. The molecule has 7 nitrogen and oxygen atoms in total. The van der Waals surface area contributed by atoms with Crippen molar-refractivity contribution in [3.05, 3.63) is 48.2 Å². The molecule has 0 bridgehead atoms. The van der Waals surface area contributed by atoms with Crippen LogP contribution in [0.5, 0.6) is 0 Å². The lowest BCUT2D eigenvalue weighted by Crippen LogP contribution is -2.32. The summed E-state index contributed by atoms with van der Waals surface area (Å²) in [6.07, 6.45) is 0. The van der Waals surface area contributed by atoms with Crippen LogP contribution < -0.4 is 10.6 Å². The summed E-state index contributed by atoms with van der Waals surface area (Å²) in [5.41, 5.74) is 3.68. The number of nitrogens with one attached hydrogen (secondary N) is 2. The summed E-state index contributed by atoms with van der Waals surface area (Å²) >= 11 is 0. The van der Waals surface area contributed by atoms with Gasteiger partial charge in [0.25, 0.3) is 0 Å². The Balaban J connectivity index is 1.61. The van der Waals surface area contributed by atoms with E-state index < -0.39 is 0 Å². The molecule has 7 heteroatoms. The molecule has 2 N–H and O–H groups in total. The Morgan fingerprint density at radius 2 is 2.08 bits per heavy atom. The third-order valence-electron chi connectivity index (χ3n) is 4.25. The van der Waals surface area contributed by atoms with E-state index in [0.29, 0.717) is 13.1 Å². The number of aryl methyl sites for hydroxylation is 1. The minimum atomic E-state index is 0.00147. The highest BCUT2D eigenvalue weighted by Gasteiger charge is 2.18. The van der Waals surface area contributed by atoms with Crippen molar-refractivity contribution >= 4 is 17.5 Å². The highest BCUT2D eigenvalue weighted by molar-refractivity contribution is 5.76. The van der Waals surface area contributed by atoms with Crippen molar-refractivity contribution in [2.45, 2.75) is 6.92 Å². The summed E-state index contributed by atoms with van der Waals surface area (Å²) < 4.78 is 1.81. The zero-order valence-corrected chi connectivity index (χ0v) is 14.1. The molecule has 1 aliphatic rings. The largest absolute Gasteiger partial charge is 0.368 e. The molecule has 25 heavy (non-hydrogen) atoms. The van der Waals surface area contributed by atoms with Crippen molar-refractivity contribution in [2.24, 2.45) is 0 Å². The summed E-state index contributed by atoms with van der Waals surface area (Å²) in [5.74, 6) is 0.872. The molecule has 4 rings (SSSR count). The second-order valence-corrected chi connectivity index (χ2v) is 6.09. The Morgan fingerprint density at radius 1 is 1.24 bits per heavy atom. The van der Waals surface area contributed by atoms with Gasteiger partial charge in [0.1, 0.15) is 5.82 Å². The Bertz CT molecular complexity index is 905. The van der Waals surface area contributed by atoms with E-state index in [2.05, 4.69) is 15.7 Å². The number of fused-ring (bicyclic) bond motifs is 1. The van der Waals surface area contributed by atoms with Crippen molar-refractivity contribution in [1.82, 2.24) is 24.8 Å². The third-order valence-corrected chi connectivity index (χ3v) is 4.25. The number of amides is 2. The topological polar surface area (TPSA) is 74.6 Å². The number of aromatic nitrogens is 3. The number of hydrogen-bond acceptors (Lipinski definition) is 4. The Kier molecular flexibility index (Phi) is 3.97. The van der Waals surface area contributed by atoms with Crippen LogP contribution >= 0.6 is 0 Å². The lowest BCUT2D eigenvalue weighted by Gasteiger charge is -2.16. The molecule has 1 fully saturated rings. The molecule has 128 valence electrons. The van der Waals surface area contributed by atoms with Crippen molar-refractivity contribution in [3.8, 4) is 11.3 Å². The molecule has 0 unspecified atom stereocenters. The van der Waals surface area contributed by atoms with E-state index in [1.54, 1.807) is 4.90 Å². The van der Waals surface area contributed by atoms with E-state index in [1.165, 1.54) is 0 Å². The van der Waals surface area contributed by atoms with Crippen LogP contribution in [0.4, 0.5) is 10.6 Å². The maximum absolute atomic E-state index is 11.6. The average molecular weight is 336 g/mol. The standard InChI is InChI=1S/C18H20N6O/c1-13-11-17-21-15(14-5-3-2-4-6-14)12-16(24(17)22-13)19-7-9-23-10-8-20-18(23)25/h2-6,11-12,19H,7-10H2,1H3,(H,20,25). The van der Waals surface area contributed by atoms with Crippen molar-refractivity contribution in [3.63, 3.8) is 0 Å². The van der Waals surface area contributed by atoms with E-state index in [1.807, 2.05) is 53.9 Å². The number of urea groups is 1. The van der Waals surface area contributed by atoms with E-state index in [0.717, 1.165) is 41.5 Å². The zero-order chi connectivity index (χ0) is 17.2. The van der Waals surface area contributed by atoms with Crippen LogP contribution in [0.1, 0.15) is 5.69 Å². The van der Waals surface area contributed by atoms with E-state index >= 15 is 0 Å². The quantitative estimate of drug-likeness (QED) is 0.749. The number of carbonyl (C=O) groups excluding carboxylic acids is 1. The number of anilines is 1. The SMILES string of the molecule is Cc1cc2nc(-c3ccccc3)cc(NCCN3CCNC3=O)n2n1. The smallest absolute Gasteiger partial charge is 0.317 e. The van der Waals surface area contributed by atoms with Crippen LogP contribution in [0.25, 0.3) is 16.9 Å². The maximum Gasteiger partial charge on any atom is 0.317 e. The summed E-state index contributed by atoms with van der Waals surface area (Å²) in [6, 6.07) is 14.0. The van der Waals surface area contributed by atoms with Gasteiger partial charge in [-0.2, -0.15) is 9.61 Å². The van der Waals surface area contributed by atoms with Gasteiger partial charge in [0.15, 0.2) is 5.65 Å². The first kappa shape index (κ1) is 15.4. The number of rotatable bonds is 5. The molecule has 0 atom stereocenters. The molecule has 3 heterocycles. The third kappa shape index (κ3) is 3.13. The van der Waals surface area contributed by atoms with Gasteiger partial charge < -0.3 is 15.5 Å². The van der Waals surface area contributed by atoms with Gasteiger partial charge in [0.2, 0.25) is 0 Å². The molecular weight excluding hydrogens is 316 g/mol. The Labute approximate surface area is 145 Å². The first-order valence-electron chi connectivity index (χ1n) is 8.40. The number of hydrogen-bond donors (Lipinski definition) is 2. The Hall–Kier alpha value is -3.09. The number of carbonyl (C=O) groups is 1. The predicted octanol–water partition coefficient (Wildman–Crippen LogP) is 2.14. The zero-order valence-electron chi connectivity index (χ0n) is 14.1. The first-order chi connectivity index (χ1) is 12.2. The fraction of sp³-hybridized carbons (Fsp3) is 0.278. The molecule has 1 saturated heterocycles. The molecule has 0 radical (unpaired) electrons. The van der Waals surface area contributed by atoms with Crippen LogP contribution in [-0.4, -0.2) is 51.7 Å². The van der Waals surface area contributed by atoms with Gasteiger partial charge in [0, 0.05) is 43.9 Å². The lowest BCUT2D eigenvalue weighted by atomic mass is 10.1. The van der Waals surface area contributed by atoms with Crippen molar-refractivity contribution in [2.75, 3.05) is 31.5 Å². The van der Waals surface area contributed by atoms with Gasteiger partial charge in [-0.05, 0) is 6.92 Å². The van der Waals surface area contributed by atoms with Crippen LogP contribution in [0.2, 0.25) is 0 Å². The van der Waals surface area contributed by atoms with Gasteiger partial charge in [-0.15, -0.1) is 0 Å².